The molecule has 0 aromatic carbocycles. The largest absolute Gasteiger partial charge is 0.340 e. The molecule has 0 aliphatic heterocycles. The van der Waals surface area contributed by atoms with Crippen LogP contribution in [0.15, 0.2) is 12.4 Å². The fourth-order valence-electron chi connectivity index (χ4n) is 1.17. The second kappa shape index (κ2) is 5.07. The number of nitrogens with zero attached hydrogens (tertiary/aromatic N) is 3. The fourth-order valence-corrected chi connectivity index (χ4v) is 1.17. The normalized spacial score (nSPS) is 12.9. The number of likely N-dealkylation sites (N-methyl/N-ethyl adjacent to an activating group) is 1. The first-order valence-corrected chi connectivity index (χ1v) is 5.31. The van der Waals surface area contributed by atoms with Gasteiger partial charge in [-0.05, 0) is 18.4 Å². The van der Waals surface area contributed by atoms with Crippen molar-refractivity contribution >= 4 is 5.95 Å². The van der Waals surface area contributed by atoms with Gasteiger partial charge in [-0.25, -0.2) is 9.97 Å². The third kappa shape index (κ3) is 2.89. The zero-order valence-corrected chi connectivity index (χ0v) is 9.94. The van der Waals surface area contributed by atoms with Crippen molar-refractivity contribution in [3.63, 3.8) is 0 Å². The highest BCUT2D eigenvalue weighted by molar-refractivity contribution is 5.30. The van der Waals surface area contributed by atoms with Gasteiger partial charge in [0, 0.05) is 32.0 Å². The summed E-state index contributed by atoms with van der Waals surface area (Å²) in [5.74, 6) is 1.20. The molecule has 1 aromatic heterocycles. The lowest BCUT2D eigenvalue weighted by Crippen LogP contribution is -2.36. The molecule has 1 aromatic rings. The molecule has 1 rings (SSSR count). The number of aromatic nitrogens is 2. The Morgan fingerprint density at radius 1 is 1.27 bits per heavy atom. The summed E-state index contributed by atoms with van der Waals surface area (Å²) >= 11 is 0. The van der Waals surface area contributed by atoms with E-state index < -0.39 is 0 Å². The van der Waals surface area contributed by atoms with Crippen LogP contribution in [0.1, 0.15) is 32.3 Å². The van der Waals surface area contributed by atoms with Gasteiger partial charge in [-0.3, -0.25) is 0 Å². The van der Waals surface area contributed by atoms with Crippen molar-refractivity contribution in [2.45, 2.75) is 32.7 Å². The maximum absolute atomic E-state index is 5.59. The Morgan fingerprint density at radius 2 is 1.80 bits per heavy atom. The van der Waals surface area contributed by atoms with E-state index >= 15 is 0 Å². The molecule has 0 saturated carbocycles. The highest BCUT2D eigenvalue weighted by atomic mass is 15.2. The van der Waals surface area contributed by atoms with Gasteiger partial charge in [0.2, 0.25) is 5.95 Å². The van der Waals surface area contributed by atoms with E-state index in [9.17, 15) is 0 Å². The smallest absolute Gasteiger partial charge is 0.225 e. The number of hydrogen-bond donors (Lipinski definition) is 1. The number of anilines is 1. The minimum Gasteiger partial charge on any atom is -0.340 e. The number of nitrogens with two attached hydrogens (primary N) is 1. The molecule has 4 nitrogen and oxygen atoms in total. The average Bonchev–Trinajstić information content (AvgIpc) is 2.27. The van der Waals surface area contributed by atoms with E-state index in [1.165, 1.54) is 0 Å². The lowest BCUT2D eigenvalue weighted by atomic mass is 10.1. The van der Waals surface area contributed by atoms with Crippen LogP contribution in [0.4, 0.5) is 5.95 Å². The van der Waals surface area contributed by atoms with Crippen LogP contribution in [0.25, 0.3) is 0 Å². The van der Waals surface area contributed by atoms with Crippen LogP contribution < -0.4 is 10.6 Å². The Bertz CT molecular complexity index is 294. The summed E-state index contributed by atoms with van der Waals surface area (Å²) < 4.78 is 0. The van der Waals surface area contributed by atoms with E-state index in [2.05, 4.69) is 30.7 Å². The molecule has 0 aliphatic carbocycles. The van der Waals surface area contributed by atoms with Crippen LogP contribution in [0.2, 0.25) is 0 Å². The molecule has 0 amide bonds. The summed E-state index contributed by atoms with van der Waals surface area (Å²) in [6.45, 7) is 6.92. The van der Waals surface area contributed by atoms with E-state index in [-0.39, 0.29) is 6.04 Å². The van der Waals surface area contributed by atoms with Crippen LogP contribution in [0, 0.1) is 0 Å². The Hall–Kier alpha value is -1.16. The number of rotatable bonds is 4. The van der Waals surface area contributed by atoms with Crippen molar-refractivity contribution in [2.75, 3.05) is 18.5 Å². The molecular formula is C11H20N4. The second-order valence-corrected chi connectivity index (χ2v) is 4.17. The molecule has 1 heterocycles. The van der Waals surface area contributed by atoms with E-state index in [4.69, 9.17) is 5.73 Å². The monoisotopic (exact) mass is 208 g/mol. The van der Waals surface area contributed by atoms with Crippen LogP contribution in [-0.4, -0.2) is 29.6 Å². The number of hydrogen-bond acceptors (Lipinski definition) is 4. The summed E-state index contributed by atoms with van der Waals surface area (Å²) in [5, 5.41) is 0. The van der Waals surface area contributed by atoms with Gasteiger partial charge < -0.3 is 10.6 Å². The summed E-state index contributed by atoms with van der Waals surface area (Å²) in [6, 6.07) is 0.259. The molecule has 84 valence electrons. The molecule has 0 spiro atoms. The Balaban J connectivity index is 2.79. The van der Waals surface area contributed by atoms with Crippen molar-refractivity contribution in [1.29, 1.82) is 0 Å². The summed E-state index contributed by atoms with van der Waals surface area (Å²) in [7, 11) is 1.96. The SMILES string of the molecule is CC(C)c1cnc(N(C)C(C)CN)nc1. The van der Waals surface area contributed by atoms with Crippen molar-refractivity contribution in [3.05, 3.63) is 18.0 Å². The Labute approximate surface area is 91.5 Å². The minimum atomic E-state index is 0.259. The molecule has 15 heavy (non-hydrogen) atoms. The summed E-state index contributed by atoms with van der Waals surface area (Å²) in [4.78, 5) is 10.6. The van der Waals surface area contributed by atoms with Gasteiger partial charge in [0.15, 0.2) is 0 Å². The molecule has 0 aliphatic rings. The predicted molar refractivity (Wildman–Crippen MR) is 63.0 cm³/mol. The van der Waals surface area contributed by atoms with E-state index in [0.717, 1.165) is 11.5 Å². The van der Waals surface area contributed by atoms with Gasteiger partial charge in [-0.2, -0.15) is 0 Å². The standard InChI is InChI=1S/C11H20N4/c1-8(2)10-6-13-11(14-7-10)15(4)9(3)5-12/h6-9H,5,12H2,1-4H3. The molecule has 4 heteroatoms. The third-order valence-electron chi connectivity index (χ3n) is 2.64. The molecule has 0 bridgehead atoms. The van der Waals surface area contributed by atoms with E-state index in [1.54, 1.807) is 0 Å². The minimum absolute atomic E-state index is 0.259. The summed E-state index contributed by atoms with van der Waals surface area (Å²) in [5.41, 5.74) is 6.75. The van der Waals surface area contributed by atoms with Gasteiger partial charge in [0.25, 0.3) is 0 Å². The highest BCUT2D eigenvalue weighted by Gasteiger charge is 2.10. The Morgan fingerprint density at radius 3 is 2.20 bits per heavy atom. The maximum atomic E-state index is 5.59. The van der Waals surface area contributed by atoms with E-state index in [1.807, 2.05) is 24.3 Å². The molecular weight excluding hydrogens is 188 g/mol. The van der Waals surface area contributed by atoms with Gasteiger partial charge in [-0.15, -0.1) is 0 Å². The topological polar surface area (TPSA) is 55.0 Å². The van der Waals surface area contributed by atoms with Gasteiger partial charge in [0.05, 0.1) is 0 Å². The lowest BCUT2D eigenvalue weighted by molar-refractivity contribution is 0.675. The van der Waals surface area contributed by atoms with Crippen LogP contribution in [0.3, 0.4) is 0 Å². The third-order valence-corrected chi connectivity index (χ3v) is 2.64. The lowest BCUT2D eigenvalue weighted by Gasteiger charge is -2.23. The van der Waals surface area contributed by atoms with Crippen LogP contribution in [-0.2, 0) is 0 Å². The molecule has 0 radical (unpaired) electrons. The quantitative estimate of drug-likeness (QED) is 0.812. The zero-order chi connectivity index (χ0) is 11.4. The van der Waals surface area contributed by atoms with Crippen molar-refractivity contribution in [3.8, 4) is 0 Å². The maximum Gasteiger partial charge on any atom is 0.225 e. The Kier molecular flexibility index (Phi) is 4.03. The zero-order valence-electron chi connectivity index (χ0n) is 9.94. The first-order chi connectivity index (χ1) is 7.06. The second-order valence-electron chi connectivity index (χ2n) is 4.17. The van der Waals surface area contributed by atoms with Crippen molar-refractivity contribution < 1.29 is 0 Å². The van der Waals surface area contributed by atoms with Crippen LogP contribution >= 0.6 is 0 Å². The van der Waals surface area contributed by atoms with Gasteiger partial charge in [0.1, 0.15) is 0 Å². The van der Waals surface area contributed by atoms with Crippen molar-refractivity contribution in [1.82, 2.24) is 9.97 Å². The molecule has 0 fully saturated rings. The van der Waals surface area contributed by atoms with Gasteiger partial charge >= 0.3 is 0 Å². The molecule has 2 N–H and O–H groups in total. The first-order valence-electron chi connectivity index (χ1n) is 5.31. The molecule has 1 atom stereocenters. The first kappa shape index (κ1) is 11.9. The van der Waals surface area contributed by atoms with Gasteiger partial charge in [-0.1, -0.05) is 13.8 Å². The van der Waals surface area contributed by atoms with E-state index in [0.29, 0.717) is 12.5 Å². The fraction of sp³-hybridized carbons (Fsp3) is 0.636. The molecule has 1 unspecified atom stereocenters. The average molecular weight is 208 g/mol. The summed E-state index contributed by atoms with van der Waals surface area (Å²) in [6.07, 6.45) is 3.76. The van der Waals surface area contributed by atoms with Crippen LogP contribution in [0.5, 0.6) is 0 Å². The highest BCUT2D eigenvalue weighted by Crippen LogP contribution is 2.14. The molecule has 0 saturated heterocycles. The van der Waals surface area contributed by atoms with Crippen molar-refractivity contribution in [2.24, 2.45) is 5.73 Å². The predicted octanol–water partition coefficient (Wildman–Crippen LogP) is 1.38.